The highest BCUT2D eigenvalue weighted by atomic mass is 19.4. The Kier molecular flexibility index (Phi) is 4.48. The van der Waals surface area contributed by atoms with Crippen LogP contribution in [-0.4, -0.2) is 21.8 Å². The summed E-state index contributed by atoms with van der Waals surface area (Å²) in [7, 11) is 0. The summed E-state index contributed by atoms with van der Waals surface area (Å²) >= 11 is 0. The lowest BCUT2D eigenvalue weighted by Gasteiger charge is -2.06. The zero-order valence-corrected chi connectivity index (χ0v) is 13.5. The second-order valence-electron chi connectivity index (χ2n) is 5.73. The number of imidazole rings is 1. The van der Waals surface area contributed by atoms with E-state index >= 15 is 0 Å². The molecule has 0 atom stereocenters. The molecule has 3 rings (SSSR count). The molecule has 0 saturated carbocycles. The minimum absolute atomic E-state index is 0.179. The van der Waals surface area contributed by atoms with E-state index in [2.05, 4.69) is 10.3 Å². The molecule has 0 bridgehead atoms. The number of carbonyl (C=O) groups is 1. The standard InChI is InChI=1S/C18H16F3N3O/c1-12-4-2-3-5-15(12)17(25)22-9-8-14-11-24-10-13(18(19,20)21)6-7-16(24)23-14/h2-7,10-11H,8-9H2,1H3,(H,22,25). The molecular weight excluding hydrogens is 331 g/mol. The third-order valence-corrected chi connectivity index (χ3v) is 3.88. The van der Waals surface area contributed by atoms with Gasteiger partial charge in [0.05, 0.1) is 11.3 Å². The Hall–Kier alpha value is -2.83. The van der Waals surface area contributed by atoms with E-state index in [1.165, 1.54) is 10.5 Å². The van der Waals surface area contributed by atoms with Gasteiger partial charge in [-0.25, -0.2) is 4.98 Å². The molecule has 25 heavy (non-hydrogen) atoms. The fraction of sp³-hybridized carbons (Fsp3) is 0.222. The van der Waals surface area contributed by atoms with Gasteiger partial charge < -0.3 is 9.72 Å². The molecule has 0 aliphatic carbocycles. The number of alkyl halides is 3. The molecular formula is C18H16F3N3O. The highest BCUT2D eigenvalue weighted by molar-refractivity contribution is 5.95. The van der Waals surface area contributed by atoms with Crippen LogP contribution in [0.5, 0.6) is 0 Å². The van der Waals surface area contributed by atoms with Crippen molar-refractivity contribution in [2.75, 3.05) is 6.54 Å². The van der Waals surface area contributed by atoms with Gasteiger partial charge in [0, 0.05) is 30.9 Å². The van der Waals surface area contributed by atoms with Gasteiger partial charge in [-0.05, 0) is 30.7 Å². The maximum atomic E-state index is 12.7. The molecule has 130 valence electrons. The first kappa shape index (κ1) is 17.0. The molecule has 2 heterocycles. The molecule has 0 saturated heterocycles. The largest absolute Gasteiger partial charge is 0.417 e. The lowest BCUT2D eigenvalue weighted by molar-refractivity contribution is -0.137. The molecule has 2 aromatic heterocycles. The Morgan fingerprint density at radius 2 is 1.92 bits per heavy atom. The van der Waals surface area contributed by atoms with E-state index in [1.54, 1.807) is 18.3 Å². The zero-order valence-electron chi connectivity index (χ0n) is 13.5. The van der Waals surface area contributed by atoms with Gasteiger partial charge >= 0.3 is 6.18 Å². The number of rotatable bonds is 4. The zero-order chi connectivity index (χ0) is 18.0. The second-order valence-corrected chi connectivity index (χ2v) is 5.73. The van der Waals surface area contributed by atoms with Crippen LogP contribution >= 0.6 is 0 Å². The smallest absolute Gasteiger partial charge is 0.352 e. The van der Waals surface area contributed by atoms with Gasteiger partial charge in [-0.1, -0.05) is 18.2 Å². The van der Waals surface area contributed by atoms with Crippen LogP contribution in [0.2, 0.25) is 0 Å². The van der Waals surface area contributed by atoms with Gasteiger partial charge in [-0.2, -0.15) is 13.2 Å². The molecule has 1 N–H and O–H groups in total. The van der Waals surface area contributed by atoms with Crippen molar-refractivity contribution < 1.29 is 18.0 Å². The van der Waals surface area contributed by atoms with E-state index in [0.717, 1.165) is 17.8 Å². The van der Waals surface area contributed by atoms with Gasteiger partial charge in [-0.15, -0.1) is 0 Å². The number of halogens is 3. The van der Waals surface area contributed by atoms with Crippen LogP contribution < -0.4 is 5.32 Å². The molecule has 4 nitrogen and oxygen atoms in total. The van der Waals surface area contributed by atoms with Crippen LogP contribution in [0.4, 0.5) is 13.2 Å². The Morgan fingerprint density at radius 3 is 2.64 bits per heavy atom. The predicted octanol–water partition coefficient (Wildman–Crippen LogP) is 3.63. The molecule has 7 heteroatoms. The van der Waals surface area contributed by atoms with Crippen LogP contribution in [0.25, 0.3) is 5.65 Å². The molecule has 0 radical (unpaired) electrons. The fourth-order valence-corrected chi connectivity index (χ4v) is 2.56. The lowest BCUT2D eigenvalue weighted by atomic mass is 10.1. The van der Waals surface area contributed by atoms with Crippen LogP contribution in [0.15, 0.2) is 48.8 Å². The van der Waals surface area contributed by atoms with Crippen molar-refractivity contribution in [2.45, 2.75) is 19.5 Å². The molecule has 1 aromatic carbocycles. The highest BCUT2D eigenvalue weighted by Crippen LogP contribution is 2.29. The minimum atomic E-state index is -4.39. The fourth-order valence-electron chi connectivity index (χ4n) is 2.56. The summed E-state index contributed by atoms with van der Waals surface area (Å²) in [5.41, 5.74) is 1.81. The van der Waals surface area contributed by atoms with Crippen molar-refractivity contribution >= 4 is 11.6 Å². The van der Waals surface area contributed by atoms with E-state index in [1.807, 2.05) is 19.1 Å². The first-order chi connectivity index (χ1) is 11.8. The number of amides is 1. The van der Waals surface area contributed by atoms with Crippen molar-refractivity contribution in [3.63, 3.8) is 0 Å². The number of nitrogens with zero attached hydrogens (tertiary/aromatic N) is 2. The summed E-state index contributed by atoms with van der Waals surface area (Å²) in [5.74, 6) is -0.179. The third-order valence-electron chi connectivity index (χ3n) is 3.88. The Bertz CT molecular complexity index is 915. The average Bonchev–Trinajstić information content (AvgIpc) is 2.96. The summed E-state index contributed by atoms with van der Waals surface area (Å²) in [5, 5.41) is 2.80. The average molecular weight is 347 g/mol. The molecule has 3 aromatic rings. The number of aryl methyl sites for hydroxylation is 1. The number of hydrogen-bond donors (Lipinski definition) is 1. The van der Waals surface area contributed by atoms with Gasteiger partial charge in [0.1, 0.15) is 5.65 Å². The summed E-state index contributed by atoms with van der Waals surface area (Å²) in [6, 6.07) is 9.59. The second kappa shape index (κ2) is 6.58. The summed E-state index contributed by atoms with van der Waals surface area (Å²) in [6.45, 7) is 2.21. The molecule has 0 unspecified atom stereocenters. The summed E-state index contributed by atoms with van der Waals surface area (Å²) in [4.78, 5) is 16.4. The van der Waals surface area contributed by atoms with E-state index in [-0.39, 0.29) is 5.91 Å². The first-order valence-corrected chi connectivity index (χ1v) is 7.73. The Balaban J connectivity index is 1.65. The summed E-state index contributed by atoms with van der Waals surface area (Å²) in [6.07, 6.45) is -1.40. The number of hydrogen-bond acceptors (Lipinski definition) is 2. The van der Waals surface area contributed by atoms with Crippen molar-refractivity contribution in [3.8, 4) is 0 Å². The number of nitrogens with one attached hydrogen (secondary N) is 1. The number of carbonyl (C=O) groups excluding carboxylic acids is 1. The first-order valence-electron chi connectivity index (χ1n) is 7.73. The van der Waals surface area contributed by atoms with Gasteiger partial charge in [0.2, 0.25) is 0 Å². The monoisotopic (exact) mass is 347 g/mol. The SMILES string of the molecule is Cc1ccccc1C(=O)NCCc1cn2cc(C(F)(F)F)ccc2n1. The topological polar surface area (TPSA) is 46.4 Å². The number of fused-ring (bicyclic) bond motifs is 1. The van der Waals surface area contributed by atoms with Crippen LogP contribution in [-0.2, 0) is 12.6 Å². The Labute approximate surface area is 142 Å². The Morgan fingerprint density at radius 1 is 1.16 bits per heavy atom. The summed E-state index contributed by atoms with van der Waals surface area (Å²) < 4.78 is 39.5. The van der Waals surface area contributed by atoms with Crippen LogP contribution in [0.3, 0.4) is 0 Å². The van der Waals surface area contributed by atoms with Gasteiger partial charge in [0.25, 0.3) is 5.91 Å². The predicted molar refractivity (Wildman–Crippen MR) is 87.4 cm³/mol. The maximum absolute atomic E-state index is 12.7. The van der Waals surface area contributed by atoms with Crippen LogP contribution in [0, 0.1) is 6.92 Å². The van der Waals surface area contributed by atoms with Crippen molar-refractivity contribution in [1.29, 1.82) is 0 Å². The van der Waals surface area contributed by atoms with Crippen molar-refractivity contribution in [3.05, 3.63) is 71.2 Å². The third kappa shape index (κ3) is 3.81. The quantitative estimate of drug-likeness (QED) is 0.783. The minimum Gasteiger partial charge on any atom is -0.352 e. The van der Waals surface area contributed by atoms with Crippen LogP contribution in [0.1, 0.15) is 27.2 Å². The number of pyridine rings is 1. The van der Waals surface area contributed by atoms with Gasteiger partial charge in [0.15, 0.2) is 0 Å². The van der Waals surface area contributed by atoms with E-state index in [9.17, 15) is 18.0 Å². The van der Waals surface area contributed by atoms with E-state index < -0.39 is 11.7 Å². The molecule has 0 fully saturated rings. The number of benzene rings is 1. The number of aromatic nitrogens is 2. The molecule has 0 aliphatic heterocycles. The van der Waals surface area contributed by atoms with E-state index in [4.69, 9.17) is 0 Å². The molecule has 0 aliphatic rings. The highest BCUT2D eigenvalue weighted by Gasteiger charge is 2.30. The van der Waals surface area contributed by atoms with Gasteiger partial charge in [-0.3, -0.25) is 4.79 Å². The maximum Gasteiger partial charge on any atom is 0.417 e. The normalized spacial score (nSPS) is 11.7. The lowest BCUT2D eigenvalue weighted by Crippen LogP contribution is -2.26. The van der Waals surface area contributed by atoms with E-state index in [0.29, 0.717) is 29.9 Å². The molecule has 1 amide bonds. The molecule has 0 spiro atoms. The van der Waals surface area contributed by atoms with Crippen molar-refractivity contribution in [1.82, 2.24) is 14.7 Å². The van der Waals surface area contributed by atoms with Crippen molar-refractivity contribution in [2.24, 2.45) is 0 Å².